The molecule has 0 aliphatic heterocycles. The van der Waals surface area contributed by atoms with Crippen LogP contribution in [0.4, 0.5) is 0 Å². The van der Waals surface area contributed by atoms with E-state index in [1.165, 1.54) is 12.3 Å². The van der Waals surface area contributed by atoms with E-state index < -0.39 is 10.0 Å². The second kappa shape index (κ2) is 3.44. The van der Waals surface area contributed by atoms with Crippen LogP contribution in [0.25, 0.3) is 11.3 Å². The van der Waals surface area contributed by atoms with E-state index in [4.69, 9.17) is 9.66 Å². The summed E-state index contributed by atoms with van der Waals surface area (Å²) < 4.78 is 27.3. The van der Waals surface area contributed by atoms with Crippen LogP contribution in [0.2, 0.25) is 0 Å². The standard InChI is InChI=1S/C8H7N3O3S/c9-15(12,13)8-4-2-1-3-6(8)7-5-10-11-14-7/h1-5H,(H2,9,12,13). The van der Waals surface area contributed by atoms with Gasteiger partial charge in [0.15, 0.2) is 5.76 Å². The lowest BCUT2D eigenvalue weighted by Crippen LogP contribution is -2.13. The molecule has 0 fully saturated rings. The molecule has 0 radical (unpaired) electrons. The predicted molar refractivity (Wildman–Crippen MR) is 51.1 cm³/mol. The molecule has 0 saturated heterocycles. The molecule has 1 heterocycles. The normalized spacial score (nSPS) is 11.5. The summed E-state index contributed by atoms with van der Waals surface area (Å²) in [5.41, 5.74) is 0.352. The van der Waals surface area contributed by atoms with Crippen LogP contribution in [-0.2, 0) is 10.0 Å². The maximum atomic E-state index is 11.2. The van der Waals surface area contributed by atoms with Crippen molar-refractivity contribution in [2.45, 2.75) is 4.90 Å². The Hall–Kier alpha value is -1.73. The molecule has 2 aromatic rings. The Morgan fingerprint density at radius 2 is 2.00 bits per heavy atom. The number of benzene rings is 1. The number of rotatable bonds is 2. The molecule has 1 aromatic heterocycles. The van der Waals surface area contributed by atoms with Gasteiger partial charge in [0.05, 0.1) is 11.1 Å². The summed E-state index contributed by atoms with van der Waals surface area (Å²) in [6, 6.07) is 6.22. The molecule has 2 N–H and O–H groups in total. The molecule has 0 atom stereocenters. The van der Waals surface area contributed by atoms with Crippen molar-refractivity contribution >= 4 is 10.0 Å². The molecule has 0 aliphatic rings. The predicted octanol–water partition coefficient (Wildman–Crippen LogP) is 0.384. The van der Waals surface area contributed by atoms with E-state index in [0.29, 0.717) is 5.56 Å². The highest BCUT2D eigenvalue weighted by molar-refractivity contribution is 7.89. The fourth-order valence-electron chi connectivity index (χ4n) is 1.20. The maximum Gasteiger partial charge on any atom is 0.238 e. The Morgan fingerprint density at radius 1 is 1.27 bits per heavy atom. The van der Waals surface area contributed by atoms with Gasteiger partial charge < -0.3 is 4.52 Å². The minimum absolute atomic E-state index is 0.0106. The van der Waals surface area contributed by atoms with Crippen molar-refractivity contribution in [3.05, 3.63) is 30.5 Å². The molecule has 0 aliphatic carbocycles. The molecule has 6 nitrogen and oxygen atoms in total. The zero-order valence-electron chi connectivity index (χ0n) is 7.49. The Kier molecular flexibility index (Phi) is 2.25. The van der Waals surface area contributed by atoms with Gasteiger partial charge in [-0.15, -0.1) is 5.10 Å². The number of nitrogens with zero attached hydrogens (tertiary/aromatic N) is 2. The van der Waals surface area contributed by atoms with E-state index in [1.54, 1.807) is 18.2 Å². The van der Waals surface area contributed by atoms with Crippen molar-refractivity contribution in [2.24, 2.45) is 5.14 Å². The second-order valence-electron chi connectivity index (χ2n) is 2.82. The van der Waals surface area contributed by atoms with Gasteiger partial charge in [-0.1, -0.05) is 12.1 Å². The Labute approximate surface area is 85.7 Å². The van der Waals surface area contributed by atoms with Crippen molar-refractivity contribution in [3.63, 3.8) is 0 Å². The van der Waals surface area contributed by atoms with Gasteiger partial charge in [0.1, 0.15) is 0 Å². The Balaban J connectivity index is 2.68. The van der Waals surface area contributed by atoms with Crippen LogP contribution in [0.1, 0.15) is 0 Å². The first-order chi connectivity index (χ1) is 7.09. The van der Waals surface area contributed by atoms with Crippen molar-refractivity contribution in [1.29, 1.82) is 0 Å². The summed E-state index contributed by atoms with van der Waals surface area (Å²) in [7, 11) is -3.78. The minimum Gasteiger partial charge on any atom is -0.337 e. The molecule has 78 valence electrons. The van der Waals surface area contributed by atoms with E-state index in [-0.39, 0.29) is 10.7 Å². The van der Waals surface area contributed by atoms with Crippen LogP contribution in [0, 0.1) is 0 Å². The number of primary sulfonamides is 1. The Bertz CT molecular complexity index is 563. The molecule has 0 amide bonds. The van der Waals surface area contributed by atoms with Gasteiger partial charge in [0, 0.05) is 10.8 Å². The number of nitrogens with two attached hydrogens (primary N) is 1. The summed E-state index contributed by atoms with van der Waals surface area (Å²) in [5.74, 6) is 0.264. The molecule has 1 aromatic carbocycles. The van der Waals surface area contributed by atoms with E-state index in [9.17, 15) is 8.42 Å². The van der Waals surface area contributed by atoms with Crippen LogP contribution in [0.15, 0.2) is 39.9 Å². The fourth-order valence-corrected chi connectivity index (χ4v) is 1.95. The molecule has 0 saturated carbocycles. The molecule has 0 spiro atoms. The SMILES string of the molecule is NS(=O)(=O)c1ccccc1-c1cnno1. The second-order valence-corrected chi connectivity index (χ2v) is 4.35. The smallest absolute Gasteiger partial charge is 0.238 e. The minimum atomic E-state index is -3.78. The monoisotopic (exact) mass is 225 g/mol. The van der Waals surface area contributed by atoms with Gasteiger partial charge in [0.2, 0.25) is 10.0 Å². The van der Waals surface area contributed by atoms with Crippen molar-refractivity contribution in [2.75, 3.05) is 0 Å². The van der Waals surface area contributed by atoms with Gasteiger partial charge in [0.25, 0.3) is 0 Å². The number of hydrogen-bond donors (Lipinski definition) is 1. The lowest BCUT2D eigenvalue weighted by molar-refractivity contribution is 0.403. The van der Waals surface area contributed by atoms with E-state index in [1.807, 2.05) is 0 Å². The lowest BCUT2D eigenvalue weighted by Gasteiger charge is -2.02. The largest absolute Gasteiger partial charge is 0.337 e. The van der Waals surface area contributed by atoms with Gasteiger partial charge >= 0.3 is 0 Å². The third kappa shape index (κ3) is 1.88. The fraction of sp³-hybridized carbons (Fsp3) is 0. The molecule has 2 rings (SSSR count). The van der Waals surface area contributed by atoms with Crippen molar-refractivity contribution in [3.8, 4) is 11.3 Å². The average Bonchev–Trinajstić information content (AvgIpc) is 2.69. The molecule has 7 heteroatoms. The third-order valence-electron chi connectivity index (χ3n) is 1.82. The molecule has 0 unspecified atom stereocenters. The topological polar surface area (TPSA) is 99.1 Å². The van der Waals surface area contributed by atoms with E-state index in [2.05, 4.69) is 10.4 Å². The molecule has 15 heavy (non-hydrogen) atoms. The van der Waals surface area contributed by atoms with Gasteiger partial charge in [-0.3, -0.25) is 0 Å². The molecule has 0 bridgehead atoms. The molecular weight excluding hydrogens is 218 g/mol. The van der Waals surface area contributed by atoms with Gasteiger partial charge in [-0.25, -0.2) is 13.6 Å². The van der Waals surface area contributed by atoms with Crippen LogP contribution < -0.4 is 5.14 Å². The first-order valence-corrected chi connectivity index (χ1v) is 5.53. The number of aromatic nitrogens is 2. The summed E-state index contributed by atoms with van der Waals surface area (Å²) in [5, 5.41) is 11.8. The zero-order valence-corrected chi connectivity index (χ0v) is 8.31. The van der Waals surface area contributed by atoms with Crippen molar-refractivity contribution < 1.29 is 12.9 Å². The average molecular weight is 225 g/mol. The highest BCUT2D eigenvalue weighted by Gasteiger charge is 2.16. The summed E-state index contributed by atoms with van der Waals surface area (Å²) in [6.45, 7) is 0. The summed E-state index contributed by atoms with van der Waals surface area (Å²) in [6.07, 6.45) is 1.32. The quantitative estimate of drug-likeness (QED) is 0.796. The van der Waals surface area contributed by atoms with Crippen LogP contribution in [-0.4, -0.2) is 18.8 Å². The maximum absolute atomic E-state index is 11.2. The first-order valence-electron chi connectivity index (χ1n) is 3.98. The van der Waals surface area contributed by atoms with Crippen LogP contribution >= 0.6 is 0 Å². The third-order valence-corrected chi connectivity index (χ3v) is 2.79. The summed E-state index contributed by atoms with van der Waals surface area (Å²) in [4.78, 5) is -0.0106. The van der Waals surface area contributed by atoms with Gasteiger partial charge in [-0.05, 0) is 12.1 Å². The van der Waals surface area contributed by atoms with Crippen LogP contribution in [0.3, 0.4) is 0 Å². The number of hydrogen-bond acceptors (Lipinski definition) is 5. The zero-order chi connectivity index (χ0) is 10.9. The Morgan fingerprint density at radius 3 is 2.60 bits per heavy atom. The van der Waals surface area contributed by atoms with Gasteiger partial charge in [-0.2, -0.15) is 0 Å². The highest BCUT2D eigenvalue weighted by atomic mass is 32.2. The van der Waals surface area contributed by atoms with E-state index >= 15 is 0 Å². The highest BCUT2D eigenvalue weighted by Crippen LogP contribution is 2.24. The van der Waals surface area contributed by atoms with Crippen molar-refractivity contribution in [1.82, 2.24) is 10.4 Å². The molecular formula is C8H7N3O3S. The van der Waals surface area contributed by atoms with Crippen LogP contribution in [0.5, 0.6) is 0 Å². The lowest BCUT2D eigenvalue weighted by atomic mass is 10.2. The first kappa shape index (κ1) is 9.81. The summed E-state index contributed by atoms with van der Waals surface area (Å²) >= 11 is 0. The number of sulfonamides is 1. The van der Waals surface area contributed by atoms with E-state index in [0.717, 1.165) is 0 Å².